The van der Waals surface area contributed by atoms with Gasteiger partial charge in [0.15, 0.2) is 0 Å². The molecule has 0 bridgehead atoms. The molecular formula is C11H24N2O3. The van der Waals surface area contributed by atoms with Gasteiger partial charge in [-0.3, -0.25) is 4.79 Å². The van der Waals surface area contributed by atoms with Crippen molar-refractivity contribution in [3.8, 4) is 0 Å². The third-order valence-electron chi connectivity index (χ3n) is 1.99. The first-order valence-corrected chi connectivity index (χ1v) is 5.90. The zero-order valence-electron chi connectivity index (χ0n) is 10.3. The number of primary amides is 1. The van der Waals surface area contributed by atoms with E-state index < -0.39 is 6.04 Å². The Morgan fingerprint density at radius 2 is 1.88 bits per heavy atom. The van der Waals surface area contributed by atoms with Crippen LogP contribution in [0.15, 0.2) is 0 Å². The lowest BCUT2D eigenvalue weighted by atomic mass is 10.3. The van der Waals surface area contributed by atoms with Gasteiger partial charge in [-0.1, -0.05) is 13.8 Å². The minimum Gasteiger partial charge on any atom is -0.379 e. The second kappa shape index (κ2) is 10.9. The minimum absolute atomic E-state index is 0.310. The summed E-state index contributed by atoms with van der Waals surface area (Å²) in [6, 6.07) is -0.397. The van der Waals surface area contributed by atoms with Crippen molar-refractivity contribution in [2.75, 3.05) is 33.0 Å². The molecule has 1 atom stereocenters. The number of hydrogen-bond acceptors (Lipinski definition) is 4. The normalized spacial score (nSPS) is 12.6. The molecule has 0 aromatic carbocycles. The first-order valence-electron chi connectivity index (χ1n) is 5.90. The molecule has 5 nitrogen and oxygen atoms in total. The van der Waals surface area contributed by atoms with E-state index in [1.807, 2.05) is 6.92 Å². The number of nitrogens with one attached hydrogen (secondary N) is 1. The van der Waals surface area contributed by atoms with Crippen molar-refractivity contribution in [3.63, 3.8) is 0 Å². The topological polar surface area (TPSA) is 73.6 Å². The van der Waals surface area contributed by atoms with Gasteiger partial charge in [-0.05, 0) is 19.4 Å². The van der Waals surface area contributed by atoms with Gasteiger partial charge in [-0.15, -0.1) is 0 Å². The predicted molar refractivity (Wildman–Crippen MR) is 63.2 cm³/mol. The van der Waals surface area contributed by atoms with E-state index in [4.69, 9.17) is 15.2 Å². The summed E-state index contributed by atoms with van der Waals surface area (Å²) in [5.74, 6) is -0.372. The molecule has 0 heterocycles. The van der Waals surface area contributed by atoms with Crippen LogP contribution < -0.4 is 11.1 Å². The molecule has 0 aromatic rings. The van der Waals surface area contributed by atoms with Crippen LogP contribution in [-0.2, 0) is 14.3 Å². The Kier molecular flexibility index (Phi) is 10.4. The predicted octanol–water partition coefficient (Wildman–Crippen LogP) is 0.283. The first-order chi connectivity index (χ1) is 7.72. The average molecular weight is 232 g/mol. The molecule has 1 unspecified atom stereocenters. The number of rotatable bonds is 11. The van der Waals surface area contributed by atoms with Crippen LogP contribution in [0.3, 0.4) is 0 Å². The van der Waals surface area contributed by atoms with Crippen molar-refractivity contribution in [2.45, 2.75) is 32.7 Å². The highest BCUT2D eigenvalue weighted by molar-refractivity contribution is 5.79. The fourth-order valence-electron chi connectivity index (χ4n) is 1.13. The summed E-state index contributed by atoms with van der Waals surface area (Å²) in [4.78, 5) is 11.0. The quantitative estimate of drug-likeness (QED) is 0.502. The van der Waals surface area contributed by atoms with Crippen LogP contribution in [0.5, 0.6) is 0 Å². The molecule has 0 saturated carbocycles. The summed E-state index contributed by atoms with van der Waals surface area (Å²) in [7, 11) is 0. The summed E-state index contributed by atoms with van der Waals surface area (Å²) >= 11 is 0. The molecule has 5 heteroatoms. The second-order valence-electron chi connectivity index (χ2n) is 3.60. The highest BCUT2D eigenvalue weighted by atomic mass is 16.5. The SMILES string of the molecule is CCCNC(COCCOCCC)C(N)=O. The van der Waals surface area contributed by atoms with E-state index in [1.54, 1.807) is 0 Å². The Bertz CT molecular complexity index is 177. The largest absolute Gasteiger partial charge is 0.379 e. The Labute approximate surface area is 97.7 Å². The summed E-state index contributed by atoms with van der Waals surface area (Å²) in [6.07, 6.45) is 1.96. The molecule has 0 saturated heterocycles. The smallest absolute Gasteiger partial charge is 0.236 e. The Morgan fingerprint density at radius 3 is 2.44 bits per heavy atom. The molecule has 0 aliphatic carbocycles. The van der Waals surface area contributed by atoms with Crippen LogP contribution in [0.25, 0.3) is 0 Å². The summed E-state index contributed by atoms with van der Waals surface area (Å²) in [6.45, 7) is 6.97. The molecule has 0 fully saturated rings. The fraction of sp³-hybridized carbons (Fsp3) is 0.909. The molecular weight excluding hydrogens is 208 g/mol. The van der Waals surface area contributed by atoms with Crippen molar-refractivity contribution in [2.24, 2.45) is 5.73 Å². The van der Waals surface area contributed by atoms with E-state index in [0.717, 1.165) is 26.0 Å². The van der Waals surface area contributed by atoms with Crippen molar-refractivity contribution >= 4 is 5.91 Å². The monoisotopic (exact) mass is 232 g/mol. The van der Waals surface area contributed by atoms with Crippen molar-refractivity contribution in [1.82, 2.24) is 5.32 Å². The van der Waals surface area contributed by atoms with Gasteiger partial charge in [0.1, 0.15) is 6.04 Å². The zero-order chi connectivity index (χ0) is 12.2. The van der Waals surface area contributed by atoms with Crippen LogP contribution in [0, 0.1) is 0 Å². The van der Waals surface area contributed by atoms with Gasteiger partial charge in [-0.2, -0.15) is 0 Å². The molecule has 96 valence electrons. The average Bonchev–Trinajstić information content (AvgIpc) is 2.26. The summed E-state index contributed by atoms with van der Waals surface area (Å²) in [5.41, 5.74) is 5.23. The van der Waals surface area contributed by atoms with Crippen molar-refractivity contribution < 1.29 is 14.3 Å². The number of carbonyl (C=O) groups excluding carboxylic acids is 1. The molecule has 3 N–H and O–H groups in total. The van der Waals surface area contributed by atoms with Crippen LogP contribution in [-0.4, -0.2) is 44.9 Å². The molecule has 0 rings (SSSR count). The standard InChI is InChI=1S/C11H24N2O3/c1-3-5-13-10(11(12)14)9-16-8-7-15-6-4-2/h10,13H,3-9H2,1-2H3,(H2,12,14). The number of amides is 1. The molecule has 0 radical (unpaired) electrons. The van der Waals surface area contributed by atoms with Gasteiger partial charge < -0.3 is 20.5 Å². The maximum atomic E-state index is 11.0. The van der Waals surface area contributed by atoms with E-state index in [9.17, 15) is 4.79 Å². The molecule has 1 amide bonds. The lowest BCUT2D eigenvalue weighted by Crippen LogP contribution is -2.45. The van der Waals surface area contributed by atoms with Crippen molar-refractivity contribution in [1.29, 1.82) is 0 Å². The Hall–Kier alpha value is -0.650. The van der Waals surface area contributed by atoms with Gasteiger partial charge in [0.25, 0.3) is 0 Å². The maximum absolute atomic E-state index is 11.0. The highest BCUT2D eigenvalue weighted by Crippen LogP contribution is 1.88. The van der Waals surface area contributed by atoms with E-state index in [1.165, 1.54) is 0 Å². The van der Waals surface area contributed by atoms with Gasteiger partial charge in [0.05, 0.1) is 19.8 Å². The summed E-state index contributed by atoms with van der Waals surface area (Å²) in [5, 5.41) is 3.03. The molecule has 0 aliphatic rings. The maximum Gasteiger partial charge on any atom is 0.236 e. The molecule has 0 aliphatic heterocycles. The number of carbonyl (C=O) groups is 1. The lowest BCUT2D eigenvalue weighted by Gasteiger charge is -2.15. The van der Waals surface area contributed by atoms with Gasteiger partial charge in [0.2, 0.25) is 5.91 Å². The van der Waals surface area contributed by atoms with Crippen LogP contribution in [0.2, 0.25) is 0 Å². The van der Waals surface area contributed by atoms with E-state index >= 15 is 0 Å². The number of hydrogen-bond donors (Lipinski definition) is 2. The number of ether oxygens (including phenoxy) is 2. The van der Waals surface area contributed by atoms with Gasteiger partial charge in [-0.25, -0.2) is 0 Å². The van der Waals surface area contributed by atoms with Crippen LogP contribution in [0.4, 0.5) is 0 Å². The fourth-order valence-corrected chi connectivity index (χ4v) is 1.13. The minimum atomic E-state index is -0.397. The molecule has 0 spiro atoms. The lowest BCUT2D eigenvalue weighted by molar-refractivity contribution is -0.121. The molecule has 0 aromatic heterocycles. The van der Waals surface area contributed by atoms with E-state index in [2.05, 4.69) is 12.2 Å². The summed E-state index contributed by atoms with van der Waals surface area (Å²) < 4.78 is 10.6. The third kappa shape index (κ3) is 8.64. The first kappa shape index (κ1) is 15.3. The van der Waals surface area contributed by atoms with Gasteiger partial charge in [0, 0.05) is 6.61 Å². The van der Waals surface area contributed by atoms with Crippen LogP contribution >= 0.6 is 0 Å². The zero-order valence-corrected chi connectivity index (χ0v) is 10.3. The highest BCUT2D eigenvalue weighted by Gasteiger charge is 2.13. The Balaban J connectivity index is 3.48. The molecule has 16 heavy (non-hydrogen) atoms. The van der Waals surface area contributed by atoms with E-state index in [0.29, 0.717) is 19.8 Å². The Morgan fingerprint density at radius 1 is 1.19 bits per heavy atom. The van der Waals surface area contributed by atoms with Gasteiger partial charge >= 0.3 is 0 Å². The van der Waals surface area contributed by atoms with Crippen LogP contribution in [0.1, 0.15) is 26.7 Å². The van der Waals surface area contributed by atoms with E-state index in [-0.39, 0.29) is 5.91 Å². The third-order valence-corrected chi connectivity index (χ3v) is 1.99. The number of nitrogens with two attached hydrogens (primary N) is 1. The second-order valence-corrected chi connectivity index (χ2v) is 3.60. The van der Waals surface area contributed by atoms with Crippen molar-refractivity contribution in [3.05, 3.63) is 0 Å².